The van der Waals surface area contributed by atoms with Crippen molar-refractivity contribution in [3.63, 3.8) is 0 Å². The molecular weight excluding hydrogens is 354 g/mol. The van der Waals surface area contributed by atoms with Crippen LogP contribution in [0.1, 0.15) is 51.6 Å². The zero-order chi connectivity index (χ0) is 18.4. The molecule has 1 aromatic rings. The van der Waals surface area contributed by atoms with Crippen molar-refractivity contribution in [3.8, 4) is 5.75 Å². The zero-order valence-corrected chi connectivity index (χ0v) is 16.5. The monoisotopic (exact) mass is 383 g/mol. The van der Waals surface area contributed by atoms with E-state index in [1.807, 2.05) is 38.1 Å². The number of benzene rings is 1. The highest BCUT2D eigenvalue weighted by atomic mass is 35.5. The zero-order valence-electron chi connectivity index (χ0n) is 15.7. The third kappa shape index (κ3) is 5.88. The first-order valence-corrected chi connectivity index (χ1v) is 8.89. The standard InChI is InChI=1S/C19H29N3O3.ClH/c1-4-25-17-8-6-5-7-15(17)16(21-13(2)23)11-18(24)22-19(3,12-20)14-9-10-14;/h5-8,14,16H,4,9-12,20H2,1-3H3,(H,21,23)(H,22,24);1H. The first-order chi connectivity index (χ1) is 11.9. The summed E-state index contributed by atoms with van der Waals surface area (Å²) in [6.07, 6.45) is 2.33. The molecule has 146 valence electrons. The van der Waals surface area contributed by atoms with E-state index in [-0.39, 0.29) is 36.2 Å². The molecule has 0 aliphatic heterocycles. The molecule has 2 atom stereocenters. The lowest BCUT2D eigenvalue weighted by molar-refractivity contribution is -0.124. The SMILES string of the molecule is CCOc1ccccc1C(CC(=O)NC(C)(CN)C1CC1)NC(C)=O.Cl. The van der Waals surface area contributed by atoms with Crippen LogP contribution >= 0.6 is 12.4 Å². The second-order valence-electron chi connectivity index (χ2n) is 6.87. The third-order valence-electron chi connectivity index (χ3n) is 4.69. The Morgan fingerprint density at radius 3 is 2.54 bits per heavy atom. The number of amides is 2. The Hall–Kier alpha value is -1.79. The van der Waals surface area contributed by atoms with Gasteiger partial charge in [0.05, 0.1) is 24.6 Å². The van der Waals surface area contributed by atoms with E-state index in [4.69, 9.17) is 10.5 Å². The number of rotatable bonds is 9. The van der Waals surface area contributed by atoms with E-state index in [0.717, 1.165) is 18.4 Å². The first kappa shape index (κ1) is 22.3. The van der Waals surface area contributed by atoms with Gasteiger partial charge in [-0.2, -0.15) is 0 Å². The van der Waals surface area contributed by atoms with Crippen LogP contribution in [0.25, 0.3) is 0 Å². The van der Waals surface area contributed by atoms with Crippen LogP contribution in [0.3, 0.4) is 0 Å². The first-order valence-electron chi connectivity index (χ1n) is 8.89. The van der Waals surface area contributed by atoms with Crippen molar-refractivity contribution in [3.05, 3.63) is 29.8 Å². The fourth-order valence-corrected chi connectivity index (χ4v) is 3.13. The second kappa shape index (κ2) is 9.78. The third-order valence-corrected chi connectivity index (χ3v) is 4.69. The van der Waals surface area contributed by atoms with Crippen LogP contribution in [-0.2, 0) is 9.59 Å². The van der Waals surface area contributed by atoms with Crippen molar-refractivity contribution in [1.82, 2.24) is 10.6 Å². The van der Waals surface area contributed by atoms with Gasteiger partial charge in [-0.25, -0.2) is 0 Å². The number of hydrogen-bond acceptors (Lipinski definition) is 4. The van der Waals surface area contributed by atoms with Crippen molar-refractivity contribution in [2.45, 2.75) is 51.6 Å². The van der Waals surface area contributed by atoms with Crippen molar-refractivity contribution in [1.29, 1.82) is 0 Å². The van der Waals surface area contributed by atoms with Gasteiger partial charge in [-0.15, -0.1) is 12.4 Å². The van der Waals surface area contributed by atoms with E-state index in [0.29, 0.717) is 24.8 Å². The molecule has 2 amide bonds. The Morgan fingerprint density at radius 1 is 1.35 bits per heavy atom. The van der Waals surface area contributed by atoms with Crippen LogP contribution in [0, 0.1) is 5.92 Å². The van der Waals surface area contributed by atoms with E-state index < -0.39 is 6.04 Å². The minimum absolute atomic E-state index is 0. The summed E-state index contributed by atoms with van der Waals surface area (Å²) < 4.78 is 5.65. The fraction of sp³-hybridized carbons (Fsp3) is 0.579. The molecule has 2 rings (SSSR count). The smallest absolute Gasteiger partial charge is 0.222 e. The van der Waals surface area contributed by atoms with Gasteiger partial charge in [0.25, 0.3) is 0 Å². The van der Waals surface area contributed by atoms with Crippen LogP contribution in [0.4, 0.5) is 0 Å². The molecule has 0 saturated heterocycles. The van der Waals surface area contributed by atoms with Gasteiger partial charge in [0.2, 0.25) is 11.8 Å². The molecule has 7 heteroatoms. The topological polar surface area (TPSA) is 93.4 Å². The van der Waals surface area contributed by atoms with Crippen LogP contribution in [0.15, 0.2) is 24.3 Å². The van der Waals surface area contributed by atoms with Gasteiger partial charge in [0.15, 0.2) is 0 Å². The predicted octanol–water partition coefficient (Wildman–Crippen LogP) is 2.32. The Labute approximate surface area is 161 Å². The lowest BCUT2D eigenvalue weighted by atomic mass is 9.94. The van der Waals surface area contributed by atoms with Crippen LogP contribution in [0.2, 0.25) is 0 Å². The summed E-state index contributed by atoms with van der Waals surface area (Å²) >= 11 is 0. The normalized spacial score (nSPS) is 16.6. The van der Waals surface area contributed by atoms with E-state index in [1.165, 1.54) is 6.92 Å². The summed E-state index contributed by atoms with van der Waals surface area (Å²) in [4.78, 5) is 24.3. The second-order valence-corrected chi connectivity index (χ2v) is 6.87. The summed E-state index contributed by atoms with van der Waals surface area (Å²) in [5.74, 6) is 0.814. The predicted molar refractivity (Wildman–Crippen MR) is 104 cm³/mol. The number of carbonyl (C=O) groups is 2. The molecule has 0 heterocycles. The average Bonchev–Trinajstić information content (AvgIpc) is 3.40. The van der Waals surface area contributed by atoms with Crippen LogP contribution in [0.5, 0.6) is 5.75 Å². The highest BCUT2D eigenvalue weighted by molar-refractivity contribution is 5.85. The van der Waals surface area contributed by atoms with Gasteiger partial charge in [-0.1, -0.05) is 18.2 Å². The van der Waals surface area contributed by atoms with Gasteiger partial charge in [-0.05, 0) is 38.7 Å². The largest absolute Gasteiger partial charge is 0.494 e. The number of nitrogens with one attached hydrogen (secondary N) is 2. The van der Waals surface area contributed by atoms with E-state index in [2.05, 4.69) is 10.6 Å². The molecule has 6 nitrogen and oxygen atoms in total. The molecule has 26 heavy (non-hydrogen) atoms. The Bertz CT molecular complexity index is 622. The quantitative estimate of drug-likeness (QED) is 0.610. The van der Waals surface area contributed by atoms with Crippen LogP contribution < -0.4 is 21.1 Å². The number of hydrogen-bond donors (Lipinski definition) is 3. The van der Waals surface area contributed by atoms with Crippen molar-refractivity contribution >= 4 is 24.2 Å². The van der Waals surface area contributed by atoms with Gasteiger partial charge < -0.3 is 21.1 Å². The highest BCUT2D eigenvalue weighted by Gasteiger charge is 2.41. The lowest BCUT2D eigenvalue weighted by Gasteiger charge is -2.30. The van der Waals surface area contributed by atoms with E-state index in [9.17, 15) is 9.59 Å². The van der Waals surface area contributed by atoms with Gasteiger partial charge in [0.1, 0.15) is 5.75 Å². The summed E-state index contributed by atoms with van der Waals surface area (Å²) in [6.45, 7) is 6.26. The maximum atomic E-state index is 12.6. The number of carbonyl (C=O) groups excluding carboxylic acids is 2. The Morgan fingerprint density at radius 2 is 2.00 bits per heavy atom. The minimum atomic E-state index is -0.443. The maximum Gasteiger partial charge on any atom is 0.222 e. The van der Waals surface area contributed by atoms with Gasteiger partial charge >= 0.3 is 0 Å². The minimum Gasteiger partial charge on any atom is -0.494 e. The molecule has 4 N–H and O–H groups in total. The average molecular weight is 384 g/mol. The fourth-order valence-electron chi connectivity index (χ4n) is 3.13. The molecule has 2 unspecified atom stereocenters. The van der Waals surface area contributed by atoms with E-state index in [1.54, 1.807) is 0 Å². The Kier molecular flexibility index (Phi) is 8.37. The number of ether oxygens (including phenoxy) is 1. The lowest BCUT2D eigenvalue weighted by Crippen LogP contribution is -2.53. The molecule has 1 saturated carbocycles. The summed E-state index contributed by atoms with van der Waals surface area (Å²) in [7, 11) is 0. The molecule has 1 fully saturated rings. The summed E-state index contributed by atoms with van der Waals surface area (Å²) in [6, 6.07) is 7.03. The van der Waals surface area contributed by atoms with Gasteiger partial charge in [-0.3, -0.25) is 9.59 Å². The van der Waals surface area contributed by atoms with Crippen molar-refractivity contribution in [2.24, 2.45) is 11.7 Å². The van der Waals surface area contributed by atoms with Gasteiger partial charge in [0, 0.05) is 19.0 Å². The van der Waals surface area contributed by atoms with Crippen LogP contribution in [-0.4, -0.2) is 30.5 Å². The number of nitrogens with two attached hydrogens (primary N) is 1. The molecule has 1 aliphatic carbocycles. The molecular formula is C19H30ClN3O3. The maximum absolute atomic E-state index is 12.6. The summed E-state index contributed by atoms with van der Waals surface area (Å²) in [5.41, 5.74) is 6.30. The highest BCUT2D eigenvalue weighted by Crippen LogP contribution is 2.39. The van der Waals surface area contributed by atoms with Crippen molar-refractivity contribution < 1.29 is 14.3 Å². The molecule has 1 aliphatic rings. The van der Waals surface area contributed by atoms with E-state index >= 15 is 0 Å². The molecule has 0 bridgehead atoms. The molecule has 0 radical (unpaired) electrons. The number of para-hydroxylation sites is 1. The molecule has 0 aromatic heterocycles. The number of halogens is 1. The summed E-state index contributed by atoms with van der Waals surface area (Å²) in [5, 5.41) is 5.94. The Balaban J connectivity index is 0.00000338. The van der Waals surface area contributed by atoms with Crippen molar-refractivity contribution in [2.75, 3.05) is 13.2 Å². The molecule has 0 spiro atoms. The molecule has 1 aromatic carbocycles.